The predicted octanol–water partition coefficient (Wildman–Crippen LogP) is 5.61. The quantitative estimate of drug-likeness (QED) is 0.230. The fourth-order valence-electron chi connectivity index (χ4n) is 3.43. The molecule has 4 aromatic rings. The normalized spacial score (nSPS) is 11.3. The molecule has 4 aromatic carbocycles. The van der Waals surface area contributed by atoms with E-state index in [0.29, 0.717) is 0 Å². The molecule has 6 nitrogen and oxygen atoms in total. The lowest BCUT2D eigenvalue weighted by atomic mass is 10.1. The molecule has 0 aliphatic carbocycles. The average Bonchev–Trinajstić information content (AvgIpc) is 2.89. The summed E-state index contributed by atoms with van der Waals surface area (Å²) in [5, 5.41) is 4.04. The van der Waals surface area contributed by atoms with Crippen molar-refractivity contribution < 1.29 is 13.2 Å². The van der Waals surface area contributed by atoms with E-state index in [1.165, 1.54) is 10.5 Å². The van der Waals surface area contributed by atoms with Gasteiger partial charge in [0, 0.05) is 4.47 Å². The van der Waals surface area contributed by atoms with Gasteiger partial charge in [-0.15, -0.1) is 0 Å². The van der Waals surface area contributed by atoms with Gasteiger partial charge in [-0.05, 0) is 47.5 Å². The van der Waals surface area contributed by atoms with E-state index in [-0.39, 0.29) is 22.7 Å². The molecule has 0 saturated carbocycles. The van der Waals surface area contributed by atoms with Gasteiger partial charge in [-0.25, -0.2) is 13.8 Å². The summed E-state index contributed by atoms with van der Waals surface area (Å²) in [4.78, 5) is 13.2. The van der Waals surface area contributed by atoms with Crippen LogP contribution in [0, 0.1) is 0 Å². The Bertz CT molecular complexity index is 1430. The monoisotopic (exact) mass is 547 g/mol. The number of hydrogen-bond acceptors (Lipinski definition) is 4. The molecule has 0 spiro atoms. The number of anilines is 1. The molecule has 0 radical (unpaired) electrons. The van der Waals surface area contributed by atoms with Crippen molar-refractivity contribution in [1.29, 1.82) is 0 Å². The summed E-state index contributed by atoms with van der Waals surface area (Å²) >= 11 is 3.38. The zero-order chi connectivity index (χ0) is 24.7. The zero-order valence-electron chi connectivity index (χ0n) is 18.6. The molecule has 0 atom stereocenters. The van der Waals surface area contributed by atoms with Crippen LogP contribution in [0.4, 0.5) is 5.69 Å². The Labute approximate surface area is 213 Å². The largest absolute Gasteiger partial charge is 0.273 e. The Morgan fingerprint density at radius 1 is 0.829 bits per heavy atom. The van der Waals surface area contributed by atoms with Gasteiger partial charge in [-0.2, -0.15) is 5.10 Å². The van der Waals surface area contributed by atoms with E-state index in [9.17, 15) is 13.2 Å². The molecule has 0 fully saturated rings. The number of nitrogens with one attached hydrogen (secondary N) is 1. The predicted molar refractivity (Wildman–Crippen MR) is 142 cm³/mol. The molecule has 0 unspecified atom stereocenters. The fourth-order valence-corrected chi connectivity index (χ4v) is 5.18. The Morgan fingerprint density at radius 2 is 1.43 bits per heavy atom. The van der Waals surface area contributed by atoms with Crippen LogP contribution in [-0.2, 0) is 16.6 Å². The van der Waals surface area contributed by atoms with Crippen LogP contribution in [0.2, 0.25) is 0 Å². The third-order valence-electron chi connectivity index (χ3n) is 5.17. The summed E-state index contributed by atoms with van der Waals surface area (Å²) < 4.78 is 29.6. The molecule has 0 aromatic heterocycles. The van der Waals surface area contributed by atoms with Gasteiger partial charge in [-0.3, -0.25) is 9.10 Å². The van der Waals surface area contributed by atoms with Crippen molar-refractivity contribution in [3.63, 3.8) is 0 Å². The van der Waals surface area contributed by atoms with Crippen molar-refractivity contribution >= 4 is 43.8 Å². The highest BCUT2D eigenvalue weighted by molar-refractivity contribution is 9.10. The van der Waals surface area contributed by atoms with Crippen LogP contribution in [0.3, 0.4) is 0 Å². The molecule has 0 saturated heterocycles. The smallest absolute Gasteiger partial charge is 0.267 e. The molecule has 4 rings (SSSR count). The van der Waals surface area contributed by atoms with Gasteiger partial charge in [0.15, 0.2) is 0 Å². The second kappa shape index (κ2) is 11.1. The SMILES string of the molecule is O=C(NN=Cc1ccc(Br)cc1)c1ccccc1N(Cc1ccccc1)S(=O)(=O)c1ccccc1. The number of rotatable bonds is 8. The van der Waals surface area contributed by atoms with Crippen molar-refractivity contribution in [1.82, 2.24) is 5.43 Å². The number of amides is 1. The van der Waals surface area contributed by atoms with Gasteiger partial charge in [0.25, 0.3) is 15.9 Å². The first-order chi connectivity index (χ1) is 16.9. The maximum Gasteiger partial charge on any atom is 0.273 e. The van der Waals surface area contributed by atoms with E-state index in [4.69, 9.17) is 0 Å². The second-order valence-corrected chi connectivity index (χ2v) is 10.4. The second-order valence-electron chi connectivity index (χ2n) is 7.58. The highest BCUT2D eigenvalue weighted by Crippen LogP contribution is 2.29. The summed E-state index contributed by atoms with van der Waals surface area (Å²) in [6.45, 7) is 0.0600. The summed E-state index contributed by atoms with van der Waals surface area (Å²) in [6, 6.07) is 31.5. The summed E-state index contributed by atoms with van der Waals surface area (Å²) in [6.07, 6.45) is 1.52. The number of para-hydroxylation sites is 1. The van der Waals surface area contributed by atoms with E-state index in [1.54, 1.807) is 54.6 Å². The standard InChI is InChI=1S/C27H22BrN3O3S/c28-23-17-15-21(16-18-23)19-29-30-27(32)25-13-7-8-14-26(25)31(20-22-9-3-1-4-10-22)35(33,34)24-11-5-2-6-12-24/h1-19H,20H2,(H,30,32). The third-order valence-corrected chi connectivity index (χ3v) is 7.47. The summed E-state index contributed by atoms with van der Waals surface area (Å²) in [5.41, 5.74) is 4.55. The van der Waals surface area contributed by atoms with Crippen LogP contribution < -0.4 is 9.73 Å². The minimum Gasteiger partial charge on any atom is -0.267 e. The Balaban J connectivity index is 1.69. The molecule has 0 heterocycles. The molecule has 176 valence electrons. The van der Waals surface area contributed by atoms with Gasteiger partial charge in [0.1, 0.15) is 0 Å². The van der Waals surface area contributed by atoms with Gasteiger partial charge in [0.2, 0.25) is 0 Å². The van der Waals surface area contributed by atoms with Crippen LogP contribution in [0.15, 0.2) is 124 Å². The molecule has 1 amide bonds. The average molecular weight is 548 g/mol. The molecular weight excluding hydrogens is 526 g/mol. The van der Waals surface area contributed by atoms with Crippen LogP contribution >= 0.6 is 15.9 Å². The Kier molecular flexibility index (Phi) is 7.74. The topological polar surface area (TPSA) is 78.8 Å². The molecule has 0 aliphatic rings. The number of halogens is 1. The van der Waals surface area contributed by atoms with Crippen molar-refractivity contribution in [3.05, 3.63) is 130 Å². The number of carbonyl (C=O) groups excluding carboxylic acids is 1. The summed E-state index contributed by atoms with van der Waals surface area (Å²) in [7, 11) is -3.97. The number of hydrazone groups is 1. The maximum absolute atomic E-state index is 13.7. The maximum atomic E-state index is 13.7. The molecular formula is C27H22BrN3O3S. The number of nitrogens with zero attached hydrogens (tertiary/aromatic N) is 2. The fraction of sp³-hybridized carbons (Fsp3) is 0.0370. The highest BCUT2D eigenvalue weighted by Gasteiger charge is 2.28. The van der Waals surface area contributed by atoms with E-state index in [2.05, 4.69) is 26.5 Å². The van der Waals surface area contributed by atoms with Gasteiger partial charge in [-0.1, -0.05) is 88.7 Å². The van der Waals surface area contributed by atoms with Crippen LogP contribution in [0.5, 0.6) is 0 Å². The minimum absolute atomic E-state index is 0.0600. The zero-order valence-corrected chi connectivity index (χ0v) is 21.0. The van der Waals surface area contributed by atoms with Gasteiger partial charge < -0.3 is 0 Å². The Morgan fingerprint density at radius 3 is 2.11 bits per heavy atom. The minimum atomic E-state index is -3.97. The lowest BCUT2D eigenvalue weighted by molar-refractivity contribution is 0.0956. The van der Waals surface area contributed by atoms with Crippen molar-refractivity contribution in [2.45, 2.75) is 11.4 Å². The number of hydrogen-bond donors (Lipinski definition) is 1. The van der Waals surface area contributed by atoms with Crippen molar-refractivity contribution in [3.8, 4) is 0 Å². The lowest BCUT2D eigenvalue weighted by Gasteiger charge is -2.26. The van der Waals surface area contributed by atoms with Gasteiger partial charge >= 0.3 is 0 Å². The summed E-state index contributed by atoms with van der Waals surface area (Å²) in [5.74, 6) is -0.518. The lowest BCUT2D eigenvalue weighted by Crippen LogP contribution is -2.33. The molecule has 0 bridgehead atoms. The Hall–Kier alpha value is -3.75. The molecule has 8 heteroatoms. The third kappa shape index (κ3) is 6.03. The van der Waals surface area contributed by atoms with Crippen LogP contribution in [0.25, 0.3) is 0 Å². The van der Waals surface area contributed by atoms with E-state index in [1.807, 2.05) is 54.6 Å². The van der Waals surface area contributed by atoms with E-state index < -0.39 is 15.9 Å². The number of sulfonamides is 1. The first-order valence-electron chi connectivity index (χ1n) is 10.7. The number of carbonyl (C=O) groups is 1. The van der Waals surface area contributed by atoms with Crippen molar-refractivity contribution in [2.75, 3.05) is 4.31 Å². The molecule has 35 heavy (non-hydrogen) atoms. The van der Waals surface area contributed by atoms with Crippen molar-refractivity contribution in [2.24, 2.45) is 5.10 Å². The first-order valence-corrected chi connectivity index (χ1v) is 13.0. The van der Waals surface area contributed by atoms with E-state index in [0.717, 1.165) is 15.6 Å². The van der Waals surface area contributed by atoms with E-state index >= 15 is 0 Å². The number of benzene rings is 4. The first kappa shape index (κ1) is 24.4. The van der Waals surface area contributed by atoms with Gasteiger partial charge in [0.05, 0.1) is 28.9 Å². The highest BCUT2D eigenvalue weighted by atomic mass is 79.9. The molecule has 1 N–H and O–H groups in total. The van der Waals surface area contributed by atoms with Crippen LogP contribution in [-0.4, -0.2) is 20.5 Å². The van der Waals surface area contributed by atoms with Crippen LogP contribution in [0.1, 0.15) is 21.5 Å². The molecule has 0 aliphatic heterocycles.